The van der Waals surface area contributed by atoms with Gasteiger partial charge in [0.25, 0.3) is 0 Å². The minimum Gasteiger partial charge on any atom is -0.396 e. The van der Waals surface area contributed by atoms with Crippen molar-refractivity contribution in [2.24, 2.45) is 0 Å². The van der Waals surface area contributed by atoms with Crippen LogP contribution in [0.4, 0.5) is 0 Å². The van der Waals surface area contributed by atoms with Crippen molar-refractivity contribution in [3.05, 3.63) is 0 Å². The summed E-state index contributed by atoms with van der Waals surface area (Å²) in [7, 11) is -4.02. The summed E-state index contributed by atoms with van der Waals surface area (Å²) in [6, 6.07) is 0. The number of hydrogen-bond acceptors (Lipinski definition) is 4. The van der Waals surface area contributed by atoms with Gasteiger partial charge >= 0.3 is 7.60 Å². The van der Waals surface area contributed by atoms with Gasteiger partial charge < -0.3 is 20.0 Å². The molecular formula is C9H22NO5P. The van der Waals surface area contributed by atoms with Gasteiger partial charge in [-0.1, -0.05) is 0 Å². The molecule has 0 radical (unpaired) electrons. The Morgan fingerprint density at radius 1 is 0.875 bits per heavy atom. The second-order valence-corrected chi connectivity index (χ2v) is 5.40. The lowest BCUT2D eigenvalue weighted by Gasteiger charge is -2.22. The van der Waals surface area contributed by atoms with Crippen molar-refractivity contribution in [2.75, 3.05) is 32.6 Å². The first-order valence-electron chi connectivity index (χ1n) is 5.48. The van der Waals surface area contributed by atoms with Gasteiger partial charge in [-0.3, -0.25) is 9.46 Å². The van der Waals surface area contributed by atoms with Gasteiger partial charge in [-0.05, 0) is 38.8 Å². The van der Waals surface area contributed by atoms with Crippen molar-refractivity contribution < 1.29 is 24.6 Å². The highest BCUT2D eigenvalue weighted by molar-refractivity contribution is 7.51. The molecule has 0 saturated carbocycles. The number of rotatable bonds is 10. The van der Waals surface area contributed by atoms with Gasteiger partial charge in [0.2, 0.25) is 0 Å². The van der Waals surface area contributed by atoms with Crippen LogP contribution in [0.25, 0.3) is 0 Å². The number of hydrogen-bond donors (Lipinski definition) is 4. The Kier molecular flexibility index (Phi) is 9.12. The van der Waals surface area contributed by atoms with Crippen LogP contribution in [0.15, 0.2) is 0 Å². The van der Waals surface area contributed by atoms with E-state index in [1.165, 1.54) is 0 Å². The zero-order valence-corrected chi connectivity index (χ0v) is 10.3. The van der Waals surface area contributed by atoms with Crippen molar-refractivity contribution in [3.8, 4) is 0 Å². The molecule has 0 heterocycles. The van der Waals surface area contributed by atoms with Crippen LogP contribution in [0.5, 0.6) is 0 Å². The number of aliphatic hydroxyl groups is 2. The van der Waals surface area contributed by atoms with Crippen LogP contribution in [-0.2, 0) is 4.57 Å². The molecular weight excluding hydrogens is 233 g/mol. The Balaban J connectivity index is 3.90. The second kappa shape index (κ2) is 9.10. The fourth-order valence-corrected chi connectivity index (χ4v) is 2.21. The summed E-state index contributed by atoms with van der Waals surface area (Å²) < 4.78 is 10.9. The van der Waals surface area contributed by atoms with E-state index in [1.54, 1.807) is 4.90 Å². The van der Waals surface area contributed by atoms with Gasteiger partial charge in [0.05, 0.1) is 0 Å². The quantitative estimate of drug-likeness (QED) is 0.323. The smallest absolute Gasteiger partial charge is 0.339 e. The predicted octanol–water partition coefficient (Wildman–Crippen LogP) is -0.0314. The monoisotopic (exact) mass is 255 g/mol. The third-order valence-corrected chi connectivity index (χ3v) is 2.92. The molecule has 0 saturated heterocycles. The van der Waals surface area contributed by atoms with E-state index in [-0.39, 0.29) is 19.5 Å². The zero-order valence-electron chi connectivity index (χ0n) is 9.46. The average Bonchev–Trinajstić information content (AvgIpc) is 2.16. The lowest BCUT2D eigenvalue weighted by molar-refractivity contribution is 0.232. The molecule has 0 aliphatic carbocycles. The molecule has 4 N–H and O–H groups in total. The van der Waals surface area contributed by atoms with E-state index in [4.69, 9.17) is 20.0 Å². The molecule has 0 aromatic carbocycles. The average molecular weight is 255 g/mol. The van der Waals surface area contributed by atoms with E-state index >= 15 is 0 Å². The van der Waals surface area contributed by atoms with Gasteiger partial charge in [-0.25, -0.2) is 0 Å². The fraction of sp³-hybridized carbons (Fsp3) is 1.00. The van der Waals surface area contributed by atoms with Crippen molar-refractivity contribution in [1.29, 1.82) is 0 Å². The molecule has 0 spiro atoms. The van der Waals surface area contributed by atoms with Crippen LogP contribution in [0.2, 0.25) is 0 Å². The molecule has 0 aromatic rings. The molecule has 0 bridgehead atoms. The standard InChI is InChI=1S/C9H22NO5P/c11-7-3-1-5-10(6-2-4-8-12)9-16(13,14)15/h11-12H,1-9H2,(H2,13,14,15). The van der Waals surface area contributed by atoms with Gasteiger partial charge in [0, 0.05) is 13.2 Å². The summed E-state index contributed by atoms with van der Waals surface area (Å²) in [4.78, 5) is 19.4. The van der Waals surface area contributed by atoms with E-state index in [2.05, 4.69) is 0 Å². The first-order valence-corrected chi connectivity index (χ1v) is 7.28. The van der Waals surface area contributed by atoms with E-state index < -0.39 is 7.60 Å². The molecule has 0 aliphatic heterocycles. The Bertz CT molecular complexity index is 198. The summed E-state index contributed by atoms with van der Waals surface area (Å²) in [5.41, 5.74) is 0. The third kappa shape index (κ3) is 10.5. The third-order valence-electron chi connectivity index (χ3n) is 2.15. The Morgan fingerprint density at radius 2 is 1.31 bits per heavy atom. The van der Waals surface area contributed by atoms with Gasteiger partial charge in [-0.2, -0.15) is 0 Å². The lowest BCUT2D eigenvalue weighted by Crippen LogP contribution is -2.27. The van der Waals surface area contributed by atoms with Crippen LogP contribution < -0.4 is 0 Å². The highest BCUT2D eigenvalue weighted by Crippen LogP contribution is 2.35. The first-order chi connectivity index (χ1) is 7.49. The zero-order chi connectivity index (χ0) is 12.4. The van der Waals surface area contributed by atoms with Gasteiger partial charge in [0.15, 0.2) is 0 Å². The van der Waals surface area contributed by atoms with Gasteiger partial charge in [-0.15, -0.1) is 0 Å². The summed E-state index contributed by atoms with van der Waals surface area (Å²) in [5, 5.41) is 17.2. The second-order valence-electron chi connectivity index (χ2n) is 3.79. The molecule has 0 unspecified atom stereocenters. The molecule has 0 fully saturated rings. The summed E-state index contributed by atoms with van der Waals surface area (Å²) in [6.45, 7) is 1.33. The van der Waals surface area contributed by atoms with E-state index in [0.29, 0.717) is 25.9 Å². The summed E-state index contributed by atoms with van der Waals surface area (Å²) >= 11 is 0. The highest BCUT2D eigenvalue weighted by Gasteiger charge is 2.18. The van der Waals surface area contributed by atoms with E-state index in [1.807, 2.05) is 0 Å². The molecule has 16 heavy (non-hydrogen) atoms. The van der Waals surface area contributed by atoms with Crippen molar-refractivity contribution >= 4 is 7.60 Å². The Morgan fingerprint density at radius 3 is 1.62 bits per heavy atom. The van der Waals surface area contributed by atoms with Crippen LogP contribution in [0.1, 0.15) is 25.7 Å². The maximum Gasteiger partial charge on any atom is 0.339 e. The van der Waals surface area contributed by atoms with Crippen LogP contribution in [0.3, 0.4) is 0 Å². The summed E-state index contributed by atoms with van der Waals surface area (Å²) in [6.07, 6.45) is 2.46. The number of nitrogens with zero attached hydrogens (tertiary/aromatic N) is 1. The summed E-state index contributed by atoms with van der Waals surface area (Å²) in [5.74, 6) is 0. The minimum absolute atomic E-state index is 0.0976. The topological polar surface area (TPSA) is 101 Å². The molecule has 7 heteroatoms. The van der Waals surface area contributed by atoms with Crippen molar-refractivity contribution in [3.63, 3.8) is 0 Å². The largest absolute Gasteiger partial charge is 0.396 e. The van der Waals surface area contributed by atoms with E-state index in [9.17, 15) is 4.57 Å². The fourth-order valence-electron chi connectivity index (χ4n) is 1.41. The lowest BCUT2D eigenvalue weighted by atomic mass is 10.2. The van der Waals surface area contributed by atoms with Crippen molar-refractivity contribution in [2.45, 2.75) is 25.7 Å². The Labute approximate surface area is 96.1 Å². The number of aliphatic hydroxyl groups excluding tert-OH is 2. The molecule has 0 rings (SSSR count). The maximum absolute atomic E-state index is 10.9. The molecule has 0 aliphatic rings. The maximum atomic E-state index is 10.9. The predicted molar refractivity (Wildman–Crippen MR) is 61.1 cm³/mol. The molecule has 0 aromatic heterocycles. The minimum atomic E-state index is -4.02. The molecule has 6 nitrogen and oxygen atoms in total. The highest BCUT2D eigenvalue weighted by atomic mass is 31.2. The Hall–Kier alpha value is 0.0300. The number of unbranched alkanes of at least 4 members (excludes halogenated alkanes) is 2. The SMILES string of the molecule is O=P(O)(O)CN(CCCCO)CCCCO. The van der Waals surface area contributed by atoms with Crippen molar-refractivity contribution in [1.82, 2.24) is 4.90 Å². The van der Waals surface area contributed by atoms with E-state index in [0.717, 1.165) is 12.8 Å². The molecule has 0 amide bonds. The molecule has 98 valence electrons. The van der Waals surface area contributed by atoms with Crippen LogP contribution in [0, 0.1) is 0 Å². The normalized spacial score (nSPS) is 12.3. The van der Waals surface area contributed by atoms with Gasteiger partial charge in [0.1, 0.15) is 6.29 Å². The first kappa shape index (κ1) is 16.0. The van der Waals surface area contributed by atoms with Crippen LogP contribution >= 0.6 is 7.60 Å². The molecule has 0 atom stereocenters. The van der Waals surface area contributed by atoms with Crippen LogP contribution in [-0.4, -0.2) is 57.5 Å².